The molecule has 4 nitrogen and oxygen atoms in total. The number of hydrogen-bond donors (Lipinski definition) is 2. The number of H-pyrrole nitrogens is 1. The first-order valence-electron chi connectivity index (χ1n) is 9.29. The molecule has 2 N–H and O–H groups in total. The lowest BCUT2D eigenvalue weighted by molar-refractivity contribution is -0.150. The third-order valence-corrected chi connectivity index (χ3v) is 6.58. The van der Waals surface area contributed by atoms with Gasteiger partial charge in [0.05, 0.1) is 18.7 Å². The van der Waals surface area contributed by atoms with E-state index in [2.05, 4.69) is 29.2 Å². The maximum atomic E-state index is 12.9. The van der Waals surface area contributed by atoms with Gasteiger partial charge in [-0.2, -0.15) is 0 Å². The van der Waals surface area contributed by atoms with E-state index in [9.17, 15) is 9.90 Å². The van der Waals surface area contributed by atoms with Gasteiger partial charge in [0.2, 0.25) is 5.91 Å². The van der Waals surface area contributed by atoms with E-state index in [0.29, 0.717) is 18.3 Å². The molecular formula is C20H24N2O2. The summed E-state index contributed by atoms with van der Waals surface area (Å²) in [6, 6.07) is 8.47. The number of nitrogens with one attached hydrogen (secondary N) is 1. The van der Waals surface area contributed by atoms with Crippen molar-refractivity contribution in [2.75, 3.05) is 6.61 Å². The Balaban J connectivity index is 1.70. The summed E-state index contributed by atoms with van der Waals surface area (Å²) in [6.07, 6.45) is 6.33. The average Bonchev–Trinajstić information content (AvgIpc) is 2.99. The van der Waals surface area contributed by atoms with Gasteiger partial charge in [-0.05, 0) is 42.7 Å². The molecule has 0 spiro atoms. The number of aromatic nitrogens is 1. The highest BCUT2D eigenvalue weighted by Gasteiger charge is 2.49. The van der Waals surface area contributed by atoms with Gasteiger partial charge < -0.3 is 15.0 Å². The van der Waals surface area contributed by atoms with E-state index in [4.69, 9.17) is 0 Å². The second-order valence-electron chi connectivity index (χ2n) is 7.76. The van der Waals surface area contributed by atoms with Crippen molar-refractivity contribution < 1.29 is 9.90 Å². The molecule has 4 atom stereocenters. The van der Waals surface area contributed by atoms with Crippen LogP contribution in [-0.2, 0) is 11.2 Å². The molecule has 0 bridgehead atoms. The molecule has 3 heterocycles. The van der Waals surface area contributed by atoms with Crippen LogP contribution >= 0.6 is 0 Å². The third-order valence-electron chi connectivity index (χ3n) is 6.58. The number of carbonyl (C=O) groups excluding carboxylic acids is 1. The molecule has 1 saturated carbocycles. The number of rotatable bonds is 1. The second kappa shape index (κ2) is 5.35. The maximum Gasteiger partial charge on any atom is 0.223 e. The highest BCUT2D eigenvalue weighted by atomic mass is 16.3. The quantitative estimate of drug-likeness (QED) is 0.846. The van der Waals surface area contributed by atoms with Crippen LogP contribution in [0.1, 0.15) is 49.4 Å². The third kappa shape index (κ3) is 1.92. The van der Waals surface area contributed by atoms with Crippen LogP contribution in [0.3, 0.4) is 0 Å². The van der Waals surface area contributed by atoms with Crippen LogP contribution in [0.4, 0.5) is 0 Å². The van der Waals surface area contributed by atoms with Crippen LogP contribution < -0.4 is 0 Å². The molecular weight excluding hydrogens is 300 g/mol. The van der Waals surface area contributed by atoms with E-state index in [-0.39, 0.29) is 24.6 Å². The van der Waals surface area contributed by atoms with Gasteiger partial charge in [-0.15, -0.1) is 0 Å². The maximum absolute atomic E-state index is 12.9. The molecule has 4 heteroatoms. The molecule has 1 aliphatic carbocycles. The number of piperidine rings is 1. The molecule has 1 aromatic carbocycles. The predicted octanol–water partition coefficient (Wildman–Crippen LogP) is 3.16. The smallest absolute Gasteiger partial charge is 0.223 e. The number of hydrogen-bond acceptors (Lipinski definition) is 2. The Kier molecular flexibility index (Phi) is 3.24. The van der Waals surface area contributed by atoms with Gasteiger partial charge in [-0.3, -0.25) is 4.79 Å². The molecule has 1 amide bonds. The fraction of sp³-hybridized carbons (Fsp3) is 0.550. The van der Waals surface area contributed by atoms with Crippen molar-refractivity contribution in [1.29, 1.82) is 0 Å². The second-order valence-corrected chi connectivity index (χ2v) is 7.76. The van der Waals surface area contributed by atoms with Gasteiger partial charge in [-0.25, -0.2) is 0 Å². The number of aromatic amines is 1. The van der Waals surface area contributed by atoms with E-state index >= 15 is 0 Å². The van der Waals surface area contributed by atoms with Gasteiger partial charge in [0.25, 0.3) is 0 Å². The van der Waals surface area contributed by atoms with Crippen molar-refractivity contribution in [3.8, 4) is 0 Å². The SMILES string of the molecule is O=C1C[C@@H]2CCCC[C@H]2[C@@H]2c3[nH]c4ccccc4c3C[C@@H](CO)N12. The molecule has 1 saturated heterocycles. The van der Waals surface area contributed by atoms with E-state index in [0.717, 1.165) is 11.9 Å². The Morgan fingerprint density at radius 1 is 1.17 bits per heavy atom. The zero-order chi connectivity index (χ0) is 16.3. The fourth-order valence-electron chi connectivity index (χ4n) is 5.56. The molecule has 0 unspecified atom stereocenters. The van der Waals surface area contributed by atoms with E-state index in [1.165, 1.54) is 42.3 Å². The fourth-order valence-corrected chi connectivity index (χ4v) is 5.56. The Morgan fingerprint density at radius 3 is 2.88 bits per heavy atom. The first-order valence-corrected chi connectivity index (χ1v) is 9.29. The molecule has 2 aliphatic heterocycles. The molecule has 126 valence electrons. The molecule has 3 aliphatic rings. The summed E-state index contributed by atoms with van der Waals surface area (Å²) in [5.41, 5.74) is 3.72. The van der Waals surface area contributed by atoms with Crippen LogP contribution in [0, 0.1) is 11.8 Å². The first-order chi connectivity index (χ1) is 11.8. The lowest BCUT2D eigenvalue weighted by Crippen LogP contribution is -2.56. The van der Waals surface area contributed by atoms with Gasteiger partial charge in [0.15, 0.2) is 0 Å². The number of carbonyl (C=O) groups is 1. The summed E-state index contributed by atoms with van der Waals surface area (Å²) in [5, 5.41) is 11.2. The monoisotopic (exact) mass is 324 g/mol. The summed E-state index contributed by atoms with van der Waals surface area (Å²) in [7, 11) is 0. The Morgan fingerprint density at radius 2 is 2.00 bits per heavy atom. The molecule has 24 heavy (non-hydrogen) atoms. The highest BCUT2D eigenvalue weighted by Crippen LogP contribution is 2.51. The van der Waals surface area contributed by atoms with Gasteiger partial charge in [-0.1, -0.05) is 31.0 Å². The van der Waals surface area contributed by atoms with Crippen LogP contribution in [-0.4, -0.2) is 33.5 Å². The first kappa shape index (κ1) is 14.5. The predicted molar refractivity (Wildman–Crippen MR) is 92.5 cm³/mol. The lowest BCUT2D eigenvalue weighted by atomic mass is 9.67. The normalized spacial score (nSPS) is 32.4. The summed E-state index contributed by atoms with van der Waals surface area (Å²) in [6.45, 7) is 0.0541. The summed E-state index contributed by atoms with van der Waals surface area (Å²) >= 11 is 0. The van der Waals surface area contributed by atoms with Crippen molar-refractivity contribution in [2.45, 2.75) is 50.6 Å². The van der Waals surface area contributed by atoms with Crippen LogP contribution in [0.15, 0.2) is 24.3 Å². The summed E-state index contributed by atoms with van der Waals surface area (Å²) in [5.74, 6) is 1.30. The minimum Gasteiger partial charge on any atom is -0.394 e. The topological polar surface area (TPSA) is 56.3 Å². The Hall–Kier alpha value is -1.81. The van der Waals surface area contributed by atoms with Crippen molar-refractivity contribution in [2.24, 2.45) is 11.8 Å². The largest absolute Gasteiger partial charge is 0.394 e. The van der Waals surface area contributed by atoms with Crippen molar-refractivity contribution >= 4 is 16.8 Å². The van der Waals surface area contributed by atoms with Crippen LogP contribution in [0.25, 0.3) is 10.9 Å². The number of benzene rings is 1. The summed E-state index contributed by atoms with van der Waals surface area (Å²) < 4.78 is 0. The zero-order valence-corrected chi connectivity index (χ0v) is 13.9. The number of aliphatic hydroxyl groups is 1. The lowest BCUT2D eigenvalue weighted by Gasteiger charge is -2.52. The van der Waals surface area contributed by atoms with Crippen molar-refractivity contribution in [3.63, 3.8) is 0 Å². The molecule has 1 aromatic heterocycles. The molecule has 0 radical (unpaired) electrons. The van der Waals surface area contributed by atoms with Gasteiger partial charge >= 0.3 is 0 Å². The number of para-hydroxylation sites is 1. The zero-order valence-electron chi connectivity index (χ0n) is 13.9. The van der Waals surface area contributed by atoms with Gasteiger partial charge in [0, 0.05) is 23.0 Å². The van der Waals surface area contributed by atoms with Gasteiger partial charge in [0.1, 0.15) is 0 Å². The average molecular weight is 324 g/mol. The van der Waals surface area contributed by atoms with Crippen molar-refractivity contribution in [3.05, 3.63) is 35.5 Å². The van der Waals surface area contributed by atoms with Crippen molar-refractivity contribution in [1.82, 2.24) is 9.88 Å². The molecule has 5 rings (SSSR count). The Bertz CT molecular complexity index is 796. The molecule has 2 aromatic rings. The number of nitrogens with zero attached hydrogens (tertiary/aromatic N) is 1. The minimum absolute atomic E-state index is 0.0541. The minimum atomic E-state index is -0.0721. The van der Waals surface area contributed by atoms with Crippen LogP contribution in [0.2, 0.25) is 0 Å². The number of aliphatic hydroxyl groups excluding tert-OH is 1. The number of amides is 1. The summed E-state index contributed by atoms with van der Waals surface area (Å²) in [4.78, 5) is 18.5. The van der Waals surface area contributed by atoms with E-state index in [1.807, 2.05) is 4.90 Å². The van der Waals surface area contributed by atoms with E-state index in [1.54, 1.807) is 0 Å². The van der Waals surface area contributed by atoms with Crippen LogP contribution in [0.5, 0.6) is 0 Å². The highest BCUT2D eigenvalue weighted by molar-refractivity contribution is 5.87. The molecule has 2 fully saturated rings. The number of fused-ring (bicyclic) bond motifs is 7. The van der Waals surface area contributed by atoms with E-state index < -0.39 is 0 Å². The standard InChI is InChI=1S/C20H24N2O2/c23-11-13-10-16-15-7-3-4-8-17(15)21-19(16)20-14-6-2-1-5-12(14)9-18(24)22(13)20/h3-4,7-8,12-14,20-21,23H,1-2,5-6,9-11H2/t12-,13-,14+,20+/m0/s1. The Labute approximate surface area is 141 Å².